The first-order valence-electron chi connectivity index (χ1n) is 7.16. The third kappa shape index (κ3) is 3.42. The monoisotopic (exact) mass is 345 g/mol. The molecule has 0 spiro atoms. The Kier molecular flexibility index (Phi) is 4.70. The predicted molar refractivity (Wildman–Crippen MR) is 79.1 cm³/mol. The van der Waals surface area contributed by atoms with Gasteiger partial charge in [0.1, 0.15) is 0 Å². The maximum atomic E-state index is 13.4. The molecule has 0 saturated carbocycles. The number of amides is 1. The molecule has 0 radical (unpaired) electrons. The largest absolute Gasteiger partial charge is 0.425 e. The van der Waals surface area contributed by atoms with Gasteiger partial charge in [-0.1, -0.05) is 13.8 Å². The van der Waals surface area contributed by atoms with Crippen LogP contribution in [0.25, 0.3) is 0 Å². The zero-order valence-electron chi connectivity index (χ0n) is 13.3. The summed E-state index contributed by atoms with van der Waals surface area (Å²) in [6.45, 7) is 3.78. The summed E-state index contributed by atoms with van der Waals surface area (Å²) in [5.41, 5.74) is -2.67. The van der Waals surface area contributed by atoms with E-state index >= 15 is 0 Å². The Balaban J connectivity index is 2.21. The van der Waals surface area contributed by atoms with Crippen LogP contribution in [0.15, 0.2) is 18.5 Å². The van der Waals surface area contributed by atoms with Gasteiger partial charge in [0.2, 0.25) is 11.5 Å². The topological polar surface area (TPSA) is 95.8 Å². The highest BCUT2D eigenvalue weighted by Gasteiger charge is 2.58. The Morgan fingerprint density at radius 2 is 2.12 bits per heavy atom. The molecule has 2 rings (SSSR count). The van der Waals surface area contributed by atoms with Crippen LogP contribution in [0, 0.1) is 0 Å². The number of carbonyl (C=O) groups is 1. The number of halogens is 3. The van der Waals surface area contributed by atoms with Crippen molar-refractivity contribution >= 4 is 11.7 Å². The van der Waals surface area contributed by atoms with Gasteiger partial charge < -0.3 is 15.0 Å². The number of aliphatic hydroxyl groups is 1. The summed E-state index contributed by atoms with van der Waals surface area (Å²) in [5.74, 6) is -1.48. The first-order chi connectivity index (χ1) is 11.0. The molecule has 0 aliphatic heterocycles. The maximum absolute atomic E-state index is 13.4. The number of nitrogens with zero attached hydrogens (tertiary/aromatic N) is 3. The van der Waals surface area contributed by atoms with Gasteiger partial charge in [0.25, 0.3) is 0 Å². The fourth-order valence-electron chi connectivity index (χ4n) is 2.19. The Morgan fingerprint density at radius 3 is 2.58 bits per heavy atom. The van der Waals surface area contributed by atoms with Crippen LogP contribution in [-0.4, -0.2) is 36.9 Å². The Morgan fingerprint density at radius 1 is 1.46 bits per heavy atom. The van der Waals surface area contributed by atoms with Gasteiger partial charge in [-0.3, -0.25) is 9.89 Å². The summed E-state index contributed by atoms with van der Waals surface area (Å²) >= 11 is 0. The number of anilines is 1. The summed E-state index contributed by atoms with van der Waals surface area (Å²) in [7, 11) is 1.31. The van der Waals surface area contributed by atoms with Crippen molar-refractivity contribution in [3.05, 3.63) is 30.0 Å². The molecule has 0 saturated heterocycles. The highest BCUT2D eigenvalue weighted by atomic mass is 19.4. The van der Waals surface area contributed by atoms with Gasteiger partial charge in [0.15, 0.2) is 11.6 Å². The minimum absolute atomic E-state index is 0.0908. The molecule has 1 atom stereocenters. The van der Waals surface area contributed by atoms with E-state index in [0.717, 1.165) is 16.5 Å². The molecule has 0 aliphatic carbocycles. The van der Waals surface area contributed by atoms with Gasteiger partial charge in [-0.2, -0.15) is 18.3 Å². The highest BCUT2D eigenvalue weighted by molar-refractivity contribution is 5.90. The van der Waals surface area contributed by atoms with Crippen molar-refractivity contribution in [1.82, 2.24) is 19.7 Å². The fourth-order valence-corrected chi connectivity index (χ4v) is 2.19. The molecule has 1 unspecified atom stereocenters. The van der Waals surface area contributed by atoms with E-state index < -0.39 is 29.9 Å². The van der Waals surface area contributed by atoms with E-state index in [-0.39, 0.29) is 11.7 Å². The number of hydrogen-bond acceptors (Lipinski definition) is 4. The zero-order valence-corrected chi connectivity index (χ0v) is 13.3. The number of carbonyl (C=O) groups excluding carboxylic acids is 1. The van der Waals surface area contributed by atoms with Crippen LogP contribution < -0.4 is 5.32 Å². The maximum Gasteiger partial charge on any atom is 0.425 e. The van der Waals surface area contributed by atoms with Gasteiger partial charge in [-0.15, -0.1) is 0 Å². The van der Waals surface area contributed by atoms with Crippen molar-refractivity contribution in [2.75, 3.05) is 5.32 Å². The molecule has 132 valence electrons. The lowest BCUT2D eigenvalue weighted by atomic mass is 9.97. The van der Waals surface area contributed by atoms with Crippen molar-refractivity contribution < 1.29 is 23.1 Å². The highest BCUT2D eigenvalue weighted by Crippen LogP contribution is 2.40. The van der Waals surface area contributed by atoms with E-state index in [1.165, 1.54) is 19.3 Å². The van der Waals surface area contributed by atoms with Crippen LogP contribution in [0.5, 0.6) is 0 Å². The Bertz CT molecular complexity index is 722. The number of rotatable bonds is 5. The summed E-state index contributed by atoms with van der Waals surface area (Å²) in [4.78, 5) is 15.5. The van der Waals surface area contributed by atoms with Crippen LogP contribution in [-0.2, 0) is 17.4 Å². The Hall–Kier alpha value is -2.36. The van der Waals surface area contributed by atoms with Crippen molar-refractivity contribution in [2.45, 2.75) is 38.0 Å². The summed E-state index contributed by atoms with van der Waals surface area (Å²) in [6.07, 6.45) is -3.93. The van der Waals surface area contributed by atoms with E-state index in [2.05, 4.69) is 20.5 Å². The number of aryl methyl sites for hydroxylation is 1. The number of aromatic nitrogens is 4. The molecule has 10 heteroatoms. The minimum Gasteiger partial charge on any atom is -0.374 e. The SMILES string of the molecule is CC(C)c1cc(NC(=O)CC(O)(c2nccn2C)C(F)(F)F)n[nH]1. The molecule has 2 aromatic rings. The molecule has 7 nitrogen and oxygen atoms in total. The lowest BCUT2D eigenvalue weighted by molar-refractivity contribution is -0.270. The first kappa shape index (κ1) is 18.0. The van der Waals surface area contributed by atoms with E-state index in [4.69, 9.17) is 0 Å². The van der Waals surface area contributed by atoms with E-state index in [9.17, 15) is 23.1 Å². The number of hydrogen-bond donors (Lipinski definition) is 3. The second kappa shape index (κ2) is 6.27. The molecular formula is C14H18F3N5O2. The quantitative estimate of drug-likeness (QED) is 0.773. The van der Waals surface area contributed by atoms with Crippen LogP contribution in [0.1, 0.15) is 37.7 Å². The zero-order chi connectivity index (χ0) is 18.1. The van der Waals surface area contributed by atoms with E-state index in [0.29, 0.717) is 0 Å². The molecule has 0 aliphatic rings. The average molecular weight is 345 g/mol. The van der Waals surface area contributed by atoms with Crippen LogP contribution >= 0.6 is 0 Å². The lowest BCUT2D eigenvalue weighted by Crippen LogP contribution is -2.46. The molecule has 24 heavy (non-hydrogen) atoms. The van der Waals surface area contributed by atoms with Gasteiger partial charge in [0, 0.05) is 31.2 Å². The second-order valence-corrected chi connectivity index (χ2v) is 5.81. The number of H-pyrrole nitrogens is 1. The first-order valence-corrected chi connectivity index (χ1v) is 7.16. The standard InChI is InChI=1S/C14H18F3N5O2/c1-8(2)9-6-10(21-20-9)19-11(23)7-13(24,14(15,16)17)12-18-4-5-22(12)3/h4-6,8,24H,7H2,1-3H3,(H2,19,20,21,23). The number of alkyl halides is 3. The molecular weight excluding hydrogens is 327 g/mol. The molecule has 1 amide bonds. The molecule has 2 aromatic heterocycles. The van der Waals surface area contributed by atoms with E-state index in [1.54, 1.807) is 0 Å². The normalized spacial score (nSPS) is 14.7. The number of aromatic amines is 1. The van der Waals surface area contributed by atoms with E-state index in [1.807, 2.05) is 13.8 Å². The van der Waals surface area contributed by atoms with Gasteiger partial charge in [-0.05, 0) is 5.92 Å². The number of imidazole rings is 1. The van der Waals surface area contributed by atoms with Gasteiger partial charge in [-0.25, -0.2) is 4.98 Å². The summed E-state index contributed by atoms with van der Waals surface area (Å²) in [6, 6.07) is 1.52. The van der Waals surface area contributed by atoms with Crippen molar-refractivity contribution in [1.29, 1.82) is 0 Å². The minimum atomic E-state index is -5.07. The number of nitrogens with one attached hydrogen (secondary N) is 2. The van der Waals surface area contributed by atoms with Crippen LogP contribution in [0.3, 0.4) is 0 Å². The van der Waals surface area contributed by atoms with Crippen molar-refractivity contribution in [3.63, 3.8) is 0 Å². The Labute approximate surface area is 135 Å². The molecule has 0 fully saturated rings. The summed E-state index contributed by atoms with van der Waals surface area (Å²) < 4.78 is 41.1. The third-order valence-corrected chi connectivity index (χ3v) is 3.56. The smallest absolute Gasteiger partial charge is 0.374 e. The molecule has 2 heterocycles. The van der Waals surface area contributed by atoms with Crippen LogP contribution in [0.4, 0.5) is 19.0 Å². The van der Waals surface area contributed by atoms with Crippen LogP contribution in [0.2, 0.25) is 0 Å². The predicted octanol–water partition coefficient (Wildman–Crippen LogP) is 2.05. The average Bonchev–Trinajstić information content (AvgIpc) is 3.06. The fraction of sp³-hybridized carbons (Fsp3) is 0.500. The van der Waals surface area contributed by atoms with Gasteiger partial charge >= 0.3 is 6.18 Å². The van der Waals surface area contributed by atoms with Gasteiger partial charge in [0.05, 0.1) is 6.42 Å². The second-order valence-electron chi connectivity index (χ2n) is 5.81. The third-order valence-electron chi connectivity index (χ3n) is 3.56. The molecule has 3 N–H and O–H groups in total. The molecule has 0 bridgehead atoms. The lowest BCUT2D eigenvalue weighted by Gasteiger charge is -2.29. The van der Waals surface area contributed by atoms with Crippen molar-refractivity contribution in [3.8, 4) is 0 Å². The summed E-state index contributed by atoms with van der Waals surface area (Å²) in [5, 5.41) is 18.9. The molecule has 0 aromatic carbocycles. The van der Waals surface area contributed by atoms with Crippen molar-refractivity contribution in [2.24, 2.45) is 7.05 Å².